The van der Waals surface area contributed by atoms with Gasteiger partial charge < -0.3 is 14.6 Å². The molecule has 1 atom stereocenters. The van der Waals surface area contributed by atoms with Crippen LogP contribution in [0.3, 0.4) is 0 Å². The van der Waals surface area contributed by atoms with E-state index < -0.39 is 0 Å². The molecule has 6 nitrogen and oxygen atoms in total. The molecule has 0 amide bonds. The minimum atomic E-state index is -0.166. The maximum absolute atomic E-state index is 9.06. The lowest BCUT2D eigenvalue weighted by atomic mass is 10.3. The number of nitrogens with zero attached hydrogens (tertiary/aromatic N) is 3. The molecule has 18 heavy (non-hydrogen) atoms. The summed E-state index contributed by atoms with van der Waals surface area (Å²) in [6, 6.07) is 0. The molecule has 1 fully saturated rings. The molecule has 1 N–H and O–H groups in total. The van der Waals surface area contributed by atoms with E-state index in [-0.39, 0.29) is 12.7 Å². The Bertz CT molecular complexity index is 366. The van der Waals surface area contributed by atoms with Gasteiger partial charge in [0.15, 0.2) is 11.6 Å². The third-order valence-corrected chi connectivity index (χ3v) is 3.30. The number of rotatable bonds is 6. The molecule has 2 rings (SSSR count). The zero-order valence-electron chi connectivity index (χ0n) is 10.5. The van der Waals surface area contributed by atoms with Gasteiger partial charge in [0.05, 0.1) is 33.0 Å². The lowest BCUT2D eigenvalue weighted by Gasteiger charge is -2.22. The molecule has 1 aliphatic rings. The molecule has 1 aromatic heterocycles. The number of aromatic nitrogens is 3. The number of aliphatic hydroxyl groups is 1. The highest BCUT2D eigenvalue weighted by Gasteiger charge is 2.23. The average molecular weight is 273 g/mol. The second-order valence-corrected chi connectivity index (χ2v) is 5.00. The molecule has 1 aromatic rings. The summed E-state index contributed by atoms with van der Waals surface area (Å²) in [5, 5.41) is 13.5. The van der Waals surface area contributed by atoms with Crippen LogP contribution in [-0.4, -0.2) is 58.3 Å². The average Bonchev–Trinajstić information content (AvgIpc) is 2.81. The van der Waals surface area contributed by atoms with E-state index in [4.69, 9.17) is 14.6 Å². The van der Waals surface area contributed by atoms with Gasteiger partial charge in [-0.1, -0.05) is 0 Å². The Labute approximate surface area is 111 Å². The van der Waals surface area contributed by atoms with Crippen LogP contribution in [0.2, 0.25) is 0 Å². The van der Waals surface area contributed by atoms with Crippen molar-refractivity contribution in [2.24, 2.45) is 0 Å². The summed E-state index contributed by atoms with van der Waals surface area (Å²) in [6.45, 7) is 2.21. The third-order valence-electron chi connectivity index (χ3n) is 2.69. The molecule has 0 unspecified atom stereocenters. The van der Waals surface area contributed by atoms with Gasteiger partial charge in [0.1, 0.15) is 6.10 Å². The van der Waals surface area contributed by atoms with Gasteiger partial charge in [-0.3, -0.25) is 0 Å². The van der Waals surface area contributed by atoms with Crippen molar-refractivity contribution < 1.29 is 14.6 Å². The van der Waals surface area contributed by atoms with Gasteiger partial charge in [-0.15, -0.1) is 0 Å². The van der Waals surface area contributed by atoms with Crippen LogP contribution in [0.1, 0.15) is 17.8 Å². The van der Waals surface area contributed by atoms with Crippen LogP contribution in [0.25, 0.3) is 0 Å². The highest BCUT2D eigenvalue weighted by Crippen LogP contribution is 2.19. The first-order chi connectivity index (χ1) is 8.85. The van der Waals surface area contributed by atoms with E-state index in [1.807, 2.05) is 0 Å². The summed E-state index contributed by atoms with van der Waals surface area (Å²) in [6.07, 6.45) is 2.73. The van der Waals surface area contributed by atoms with E-state index in [1.165, 1.54) is 0 Å². The summed E-state index contributed by atoms with van der Waals surface area (Å²) in [4.78, 5) is 4.51. The van der Waals surface area contributed by atoms with Crippen molar-refractivity contribution >= 4 is 11.8 Å². The largest absolute Gasteiger partial charge is 0.394 e. The van der Waals surface area contributed by atoms with Crippen molar-refractivity contribution in [2.45, 2.75) is 19.1 Å². The molecular weight excluding hydrogens is 254 g/mol. The third kappa shape index (κ3) is 3.44. The van der Waals surface area contributed by atoms with E-state index in [9.17, 15) is 0 Å². The minimum Gasteiger partial charge on any atom is -0.394 e. The fourth-order valence-electron chi connectivity index (χ4n) is 1.84. The van der Waals surface area contributed by atoms with E-state index in [0.29, 0.717) is 26.4 Å². The Morgan fingerprint density at radius 1 is 1.50 bits per heavy atom. The van der Waals surface area contributed by atoms with Gasteiger partial charge in [0.25, 0.3) is 0 Å². The predicted octanol–water partition coefficient (Wildman–Crippen LogP) is 0.264. The number of hydrogen-bond acceptors (Lipinski definition) is 6. The standard InChI is InChI=1S/C11H19N3O3S/c1-18-7-2-10-12-11(14(13-10)3-4-15)9-8-16-5-6-17-9/h9,15H,2-8H2,1H3/t9-/m1/s1. The fourth-order valence-corrected chi connectivity index (χ4v) is 2.22. The Morgan fingerprint density at radius 3 is 3.06 bits per heavy atom. The first-order valence-electron chi connectivity index (χ1n) is 6.08. The Kier molecular flexibility index (Phi) is 5.43. The Balaban J connectivity index is 2.11. The highest BCUT2D eigenvalue weighted by molar-refractivity contribution is 7.98. The van der Waals surface area contributed by atoms with Crippen LogP contribution in [0.5, 0.6) is 0 Å². The van der Waals surface area contributed by atoms with Crippen LogP contribution >= 0.6 is 11.8 Å². The zero-order valence-corrected chi connectivity index (χ0v) is 11.4. The monoisotopic (exact) mass is 273 g/mol. The van der Waals surface area contributed by atoms with Crippen molar-refractivity contribution in [3.05, 3.63) is 11.6 Å². The van der Waals surface area contributed by atoms with Crippen molar-refractivity contribution in [1.29, 1.82) is 0 Å². The normalized spacial score (nSPS) is 20.2. The first-order valence-corrected chi connectivity index (χ1v) is 7.47. The molecule has 0 spiro atoms. The zero-order chi connectivity index (χ0) is 12.8. The minimum absolute atomic E-state index is 0.0475. The molecule has 2 heterocycles. The first kappa shape index (κ1) is 13.8. The van der Waals surface area contributed by atoms with E-state index >= 15 is 0 Å². The van der Waals surface area contributed by atoms with Crippen molar-refractivity contribution in [1.82, 2.24) is 14.8 Å². The molecule has 0 saturated carbocycles. The van der Waals surface area contributed by atoms with Crippen LogP contribution in [-0.2, 0) is 22.4 Å². The second kappa shape index (κ2) is 7.08. The van der Waals surface area contributed by atoms with Gasteiger partial charge in [0.2, 0.25) is 0 Å². The lowest BCUT2D eigenvalue weighted by molar-refractivity contribution is -0.0951. The predicted molar refractivity (Wildman–Crippen MR) is 68.7 cm³/mol. The maximum atomic E-state index is 9.06. The number of thioether (sulfide) groups is 1. The Morgan fingerprint density at radius 2 is 2.39 bits per heavy atom. The van der Waals surface area contributed by atoms with Gasteiger partial charge in [0, 0.05) is 12.2 Å². The van der Waals surface area contributed by atoms with E-state index in [1.54, 1.807) is 16.4 Å². The summed E-state index contributed by atoms with van der Waals surface area (Å²) >= 11 is 1.77. The van der Waals surface area contributed by atoms with Crippen molar-refractivity contribution in [3.63, 3.8) is 0 Å². The molecular formula is C11H19N3O3S. The summed E-state index contributed by atoms with van der Waals surface area (Å²) in [7, 11) is 0. The van der Waals surface area contributed by atoms with Gasteiger partial charge in [-0.25, -0.2) is 9.67 Å². The second-order valence-electron chi connectivity index (χ2n) is 4.01. The summed E-state index contributed by atoms with van der Waals surface area (Å²) in [5.74, 6) is 2.56. The number of aliphatic hydroxyl groups excluding tert-OH is 1. The molecule has 0 bridgehead atoms. The van der Waals surface area contributed by atoms with E-state index in [0.717, 1.165) is 23.8 Å². The molecule has 0 aromatic carbocycles. The highest BCUT2D eigenvalue weighted by atomic mass is 32.2. The summed E-state index contributed by atoms with van der Waals surface area (Å²) in [5.41, 5.74) is 0. The molecule has 7 heteroatoms. The summed E-state index contributed by atoms with van der Waals surface area (Å²) < 4.78 is 12.8. The smallest absolute Gasteiger partial charge is 0.158 e. The van der Waals surface area contributed by atoms with Gasteiger partial charge >= 0.3 is 0 Å². The maximum Gasteiger partial charge on any atom is 0.158 e. The molecule has 102 valence electrons. The number of hydrogen-bond donors (Lipinski definition) is 1. The molecule has 0 radical (unpaired) electrons. The molecule has 1 aliphatic heterocycles. The van der Waals surface area contributed by atoms with Gasteiger partial charge in [-0.05, 0) is 6.26 Å². The fraction of sp³-hybridized carbons (Fsp3) is 0.818. The van der Waals surface area contributed by atoms with Gasteiger partial charge in [-0.2, -0.15) is 16.9 Å². The van der Waals surface area contributed by atoms with E-state index in [2.05, 4.69) is 16.3 Å². The topological polar surface area (TPSA) is 69.4 Å². The van der Waals surface area contributed by atoms with Crippen LogP contribution in [0, 0.1) is 0 Å². The quantitative estimate of drug-likeness (QED) is 0.802. The van der Waals surface area contributed by atoms with Crippen LogP contribution < -0.4 is 0 Å². The van der Waals surface area contributed by atoms with Crippen molar-refractivity contribution in [2.75, 3.05) is 38.4 Å². The SMILES string of the molecule is CSCCc1nc([C@H]2COCCO2)n(CCO)n1. The number of aryl methyl sites for hydroxylation is 1. The van der Waals surface area contributed by atoms with Crippen LogP contribution in [0.4, 0.5) is 0 Å². The number of ether oxygens (including phenoxy) is 2. The molecule has 1 saturated heterocycles. The molecule has 0 aliphatic carbocycles. The van der Waals surface area contributed by atoms with Crippen LogP contribution in [0.15, 0.2) is 0 Å². The Hall–Kier alpha value is -0.630. The lowest BCUT2D eigenvalue weighted by Crippen LogP contribution is -2.25. The van der Waals surface area contributed by atoms with Crippen molar-refractivity contribution in [3.8, 4) is 0 Å².